The minimum absolute atomic E-state index is 0.128. The molecule has 0 radical (unpaired) electrons. The molecule has 0 amide bonds. The van der Waals surface area contributed by atoms with E-state index in [1.165, 1.54) is 31.4 Å². The molecule has 0 heterocycles. The minimum atomic E-state index is -0.382. The highest BCUT2D eigenvalue weighted by Crippen LogP contribution is 2.18. The molecule has 1 unspecified atom stereocenters. The molecular formula is C14H20ClNO2. The molecule has 1 aromatic carbocycles. The van der Waals surface area contributed by atoms with Crippen LogP contribution in [0.25, 0.3) is 0 Å². The highest BCUT2D eigenvalue weighted by molar-refractivity contribution is 6.20. The van der Waals surface area contributed by atoms with Gasteiger partial charge in [0, 0.05) is 17.5 Å². The van der Waals surface area contributed by atoms with Crippen LogP contribution in [0.5, 0.6) is 0 Å². The molecular weight excluding hydrogens is 250 g/mol. The van der Waals surface area contributed by atoms with Crippen molar-refractivity contribution in [1.82, 2.24) is 0 Å². The summed E-state index contributed by atoms with van der Waals surface area (Å²) in [5, 5.41) is 10.6. The van der Waals surface area contributed by atoms with Crippen molar-refractivity contribution in [3.8, 4) is 0 Å². The fourth-order valence-electron chi connectivity index (χ4n) is 1.90. The summed E-state index contributed by atoms with van der Waals surface area (Å²) in [5.41, 5.74) is 1.20. The van der Waals surface area contributed by atoms with Crippen LogP contribution in [0.1, 0.15) is 44.6 Å². The summed E-state index contributed by atoms with van der Waals surface area (Å²) in [5.74, 6) is 0. The van der Waals surface area contributed by atoms with E-state index in [-0.39, 0.29) is 16.0 Å². The molecule has 3 nitrogen and oxygen atoms in total. The lowest BCUT2D eigenvalue weighted by Crippen LogP contribution is -2.03. The van der Waals surface area contributed by atoms with Crippen LogP contribution in [0.2, 0.25) is 0 Å². The first-order chi connectivity index (χ1) is 8.63. The van der Waals surface area contributed by atoms with Gasteiger partial charge in [-0.15, -0.1) is 11.6 Å². The van der Waals surface area contributed by atoms with E-state index in [0.717, 1.165) is 24.8 Å². The molecule has 1 rings (SSSR count). The van der Waals surface area contributed by atoms with Crippen LogP contribution >= 0.6 is 11.6 Å². The Kier molecular flexibility index (Phi) is 6.73. The van der Waals surface area contributed by atoms with Gasteiger partial charge in [0.15, 0.2) is 0 Å². The fourth-order valence-corrected chi connectivity index (χ4v) is 2.24. The van der Waals surface area contributed by atoms with Gasteiger partial charge in [-0.1, -0.05) is 44.7 Å². The van der Waals surface area contributed by atoms with Crippen LogP contribution in [0, 0.1) is 10.1 Å². The number of rotatable bonds is 8. The first kappa shape index (κ1) is 15.0. The molecule has 0 saturated carbocycles. The number of benzene rings is 1. The van der Waals surface area contributed by atoms with Crippen molar-refractivity contribution in [3.05, 3.63) is 39.9 Å². The van der Waals surface area contributed by atoms with E-state index in [2.05, 4.69) is 6.92 Å². The summed E-state index contributed by atoms with van der Waals surface area (Å²) < 4.78 is 0. The Labute approximate surface area is 113 Å². The molecule has 18 heavy (non-hydrogen) atoms. The van der Waals surface area contributed by atoms with Crippen molar-refractivity contribution >= 4 is 17.3 Å². The lowest BCUT2D eigenvalue weighted by Gasteiger charge is -2.09. The average Bonchev–Trinajstić information content (AvgIpc) is 2.35. The summed E-state index contributed by atoms with van der Waals surface area (Å²) >= 11 is 6.26. The molecule has 0 aliphatic rings. The Morgan fingerprint density at radius 3 is 2.44 bits per heavy atom. The molecule has 100 valence electrons. The van der Waals surface area contributed by atoms with Crippen molar-refractivity contribution in [3.63, 3.8) is 0 Å². The highest BCUT2D eigenvalue weighted by Gasteiger charge is 2.08. The number of hydrogen-bond acceptors (Lipinski definition) is 2. The number of nitro benzene ring substituents is 1. The Balaban J connectivity index is 2.35. The Hall–Kier alpha value is -1.09. The quantitative estimate of drug-likeness (QED) is 0.297. The largest absolute Gasteiger partial charge is 0.269 e. The van der Waals surface area contributed by atoms with E-state index in [1.807, 2.05) is 0 Å². The van der Waals surface area contributed by atoms with Gasteiger partial charge in [0.2, 0.25) is 0 Å². The van der Waals surface area contributed by atoms with Gasteiger partial charge in [-0.2, -0.15) is 0 Å². The Bertz CT molecular complexity index is 365. The maximum atomic E-state index is 10.5. The van der Waals surface area contributed by atoms with Crippen molar-refractivity contribution in [2.45, 2.75) is 50.8 Å². The van der Waals surface area contributed by atoms with Crippen LogP contribution in [0.3, 0.4) is 0 Å². The van der Waals surface area contributed by atoms with E-state index in [4.69, 9.17) is 11.6 Å². The van der Waals surface area contributed by atoms with Crippen LogP contribution in [0.4, 0.5) is 5.69 Å². The zero-order valence-electron chi connectivity index (χ0n) is 10.8. The van der Waals surface area contributed by atoms with E-state index >= 15 is 0 Å². The second-order valence-corrected chi connectivity index (χ2v) is 5.19. The number of nitrogens with zero attached hydrogens (tertiary/aromatic N) is 1. The standard InChI is InChI=1S/C14H20ClNO2/c1-2-3-4-5-6-13(15)11-12-7-9-14(10-8-12)16(17)18/h7-10,13H,2-6,11H2,1H3. The summed E-state index contributed by atoms with van der Waals surface area (Å²) in [7, 11) is 0. The first-order valence-electron chi connectivity index (χ1n) is 6.51. The molecule has 0 fully saturated rings. The van der Waals surface area contributed by atoms with Crippen LogP contribution in [-0.4, -0.2) is 10.3 Å². The summed E-state index contributed by atoms with van der Waals surface area (Å²) in [6, 6.07) is 6.66. The monoisotopic (exact) mass is 269 g/mol. The van der Waals surface area contributed by atoms with Gasteiger partial charge in [0.05, 0.1) is 4.92 Å². The molecule has 0 aliphatic heterocycles. The molecule has 0 aliphatic carbocycles. The molecule has 0 N–H and O–H groups in total. The third-order valence-corrected chi connectivity index (χ3v) is 3.35. The average molecular weight is 270 g/mol. The summed E-state index contributed by atoms with van der Waals surface area (Å²) in [4.78, 5) is 10.1. The summed E-state index contributed by atoms with van der Waals surface area (Å²) in [6.45, 7) is 2.19. The third-order valence-electron chi connectivity index (χ3n) is 2.98. The second kappa shape index (κ2) is 8.09. The molecule has 1 atom stereocenters. The zero-order valence-corrected chi connectivity index (χ0v) is 11.5. The maximum absolute atomic E-state index is 10.5. The van der Waals surface area contributed by atoms with Gasteiger partial charge < -0.3 is 0 Å². The Morgan fingerprint density at radius 1 is 1.22 bits per heavy atom. The van der Waals surface area contributed by atoms with Gasteiger partial charge in [-0.25, -0.2) is 0 Å². The van der Waals surface area contributed by atoms with Gasteiger partial charge in [0.25, 0.3) is 5.69 Å². The van der Waals surface area contributed by atoms with E-state index < -0.39 is 0 Å². The number of hydrogen-bond donors (Lipinski definition) is 0. The SMILES string of the molecule is CCCCCCC(Cl)Cc1ccc([N+](=O)[O-])cc1. The number of non-ortho nitro benzene ring substituents is 1. The number of unbranched alkanes of at least 4 members (excludes halogenated alkanes) is 3. The van der Waals surface area contributed by atoms with Crippen molar-refractivity contribution in [2.75, 3.05) is 0 Å². The maximum Gasteiger partial charge on any atom is 0.269 e. The predicted octanol–water partition coefficient (Wildman–Crippen LogP) is 4.72. The van der Waals surface area contributed by atoms with E-state index in [1.54, 1.807) is 12.1 Å². The predicted molar refractivity (Wildman–Crippen MR) is 75.2 cm³/mol. The fraction of sp³-hybridized carbons (Fsp3) is 0.571. The topological polar surface area (TPSA) is 43.1 Å². The van der Waals surface area contributed by atoms with Crippen molar-refractivity contribution < 1.29 is 4.92 Å². The third kappa shape index (κ3) is 5.50. The first-order valence-corrected chi connectivity index (χ1v) is 6.94. The van der Waals surface area contributed by atoms with Gasteiger partial charge >= 0.3 is 0 Å². The lowest BCUT2D eigenvalue weighted by molar-refractivity contribution is -0.384. The van der Waals surface area contributed by atoms with Crippen LogP contribution < -0.4 is 0 Å². The normalized spacial score (nSPS) is 12.3. The van der Waals surface area contributed by atoms with Gasteiger partial charge in [-0.05, 0) is 18.4 Å². The second-order valence-electron chi connectivity index (χ2n) is 4.57. The summed E-state index contributed by atoms with van der Waals surface area (Å²) in [6.07, 6.45) is 6.69. The Morgan fingerprint density at radius 2 is 1.89 bits per heavy atom. The molecule has 1 aromatic rings. The molecule has 0 saturated heterocycles. The van der Waals surface area contributed by atoms with Crippen LogP contribution in [-0.2, 0) is 6.42 Å². The van der Waals surface area contributed by atoms with Gasteiger partial charge in [-0.3, -0.25) is 10.1 Å². The van der Waals surface area contributed by atoms with E-state index in [9.17, 15) is 10.1 Å². The molecule has 0 bridgehead atoms. The van der Waals surface area contributed by atoms with Crippen LogP contribution in [0.15, 0.2) is 24.3 Å². The highest BCUT2D eigenvalue weighted by atomic mass is 35.5. The number of alkyl halides is 1. The minimum Gasteiger partial charge on any atom is -0.258 e. The van der Waals surface area contributed by atoms with Crippen molar-refractivity contribution in [1.29, 1.82) is 0 Å². The number of nitro groups is 1. The molecule has 4 heteroatoms. The van der Waals surface area contributed by atoms with E-state index in [0.29, 0.717) is 0 Å². The zero-order chi connectivity index (χ0) is 13.4. The molecule has 0 aromatic heterocycles. The van der Waals surface area contributed by atoms with Crippen molar-refractivity contribution in [2.24, 2.45) is 0 Å². The lowest BCUT2D eigenvalue weighted by atomic mass is 10.0. The number of halogens is 1. The van der Waals surface area contributed by atoms with Gasteiger partial charge in [0.1, 0.15) is 0 Å². The molecule has 0 spiro atoms. The smallest absolute Gasteiger partial charge is 0.258 e.